The third-order valence-electron chi connectivity index (χ3n) is 1.15. The average molecular weight is 177 g/mol. The molecule has 0 radical (unpaired) electrons. The number of hydrogen-bond acceptors (Lipinski definition) is 3. The average Bonchev–Trinajstić information content (AvgIpc) is 2.31. The molecule has 1 rings (SSSR count). The zero-order chi connectivity index (χ0) is 8.48. The van der Waals surface area contributed by atoms with Gasteiger partial charge in [-0.2, -0.15) is 8.42 Å². The van der Waals surface area contributed by atoms with E-state index in [-0.39, 0.29) is 10.8 Å². The monoisotopic (exact) mass is 177 g/mol. The van der Waals surface area contributed by atoms with E-state index in [0.29, 0.717) is 0 Å². The highest BCUT2D eigenvalue weighted by atomic mass is 32.2. The van der Waals surface area contributed by atoms with Crippen molar-refractivity contribution >= 4 is 10.1 Å². The molecule has 1 heterocycles. The first kappa shape index (κ1) is 8.09. The van der Waals surface area contributed by atoms with Crippen molar-refractivity contribution in [2.75, 3.05) is 7.11 Å². The Bertz CT molecular complexity index is 339. The number of aromatic amines is 1. The number of methoxy groups -OCH3 is 1. The first-order valence-electron chi connectivity index (χ1n) is 2.74. The topological polar surface area (TPSA) is 79.4 Å². The van der Waals surface area contributed by atoms with E-state index in [1.807, 2.05) is 0 Å². The Morgan fingerprint density at radius 3 is 2.64 bits per heavy atom. The second-order valence-electron chi connectivity index (χ2n) is 1.85. The largest absolute Gasteiger partial charge is 0.494 e. The van der Waals surface area contributed by atoms with E-state index in [1.54, 1.807) is 0 Å². The fourth-order valence-electron chi connectivity index (χ4n) is 0.702. The summed E-state index contributed by atoms with van der Waals surface area (Å²) in [6.07, 6.45) is 1.36. The summed E-state index contributed by atoms with van der Waals surface area (Å²) in [7, 11) is -2.87. The van der Waals surface area contributed by atoms with Gasteiger partial charge in [-0.1, -0.05) is 0 Å². The van der Waals surface area contributed by atoms with Gasteiger partial charge in [-0.15, -0.1) is 0 Å². The molecule has 0 aliphatic heterocycles. The molecule has 0 saturated heterocycles. The van der Waals surface area contributed by atoms with Gasteiger partial charge in [0, 0.05) is 6.20 Å². The van der Waals surface area contributed by atoms with Gasteiger partial charge >= 0.3 is 10.1 Å². The van der Waals surface area contributed by atoms with Crippen LogP contribution in [0, 0.1) is 0 Å². The lowest BCUT2D eigenvalue weighted by molar-refractivity contribution is 0.396. The number of ether oxygens (including phenoxy) is 1. The zero-order valence-corrected chi connectivity index (χ0v) is 6.55. The van der Waals surface area contributed by atoms with Crippen LogP contribution in [-0.4, -0.2) is 25.1 Å². The number of H-pyrrole nitrogens is 1. The molecule has 0 atom stereocenters. The van der Waals surface area contributed by atoms with E-state index in [9.17, 15) is 8.42 Å². The number of aromatic nitrogens is 1. The fraction of sp³-hybridized carbons (Fsp3) is 0.200. The van der Waals surface area contributed by atoms with Gasteiger partial charge in [-0.3, -0.25) is 4.55 Å². The highest BCUT2D eigenvalue weighted by Gasteiger charge is 2.16. The van der Waals surface area contributed by atoms with Crippen molar-refractivity contribution < 1.29 is 17.7 Å². The highest BCUT2D eigenvalue weighted by molar-refractivity contribution is 7.85. The summed E-state index contributed by atoms with van der Waals surface area (Å²) < 4.78 is 34.2. The molecule has 0 aliphatic rings. The van der Waals surface area contributed by atoms with Crippen LogP contribution in [0.3, 0.4) is 0 Å². The minimum absolute atomic E-state index is 0.104. The van der Waals surface area contributed by atoms with E-state index in [4.69, 9.17) is 4.55 Å². The first-order valence-corrected chi connectivity index (χ1v) is 4.18. The molecule has 0 saturated carbocycles. The second kappa shape index (κ2) is 2.55. The fourth-order valence-corrected chi connectivity index (χ4v) is 1.32. The van der Waals surface area contributed by atoms with Gasteiger partial charge in [-0.25, -0.2) is 0 Å². The molecule has 1 aromatic heterocycles. The molecule has 0 unspecified atom stereocenters. The predicted molar refractivity (Wildman–Crippen MR) is 37.2 cm³/mol. The van der Waals surface area contributed by atoms with Gasteiger partial charge in [0.1, 0.15) is 0 Å². The van der Waals surface area contributed by atoms with Crippen LogP contribution >= 0.6 is 0 Å². The van der Waals surface area contributed by atoms with Gasteiger partial charge < -0.3 is 9.72 Å². The molecule has 62 valence electrons. The van der Waals surface area contributed by atoms with E-state index in [0.717, 1.165) is 0 Å². The van der Waals surface area contributed by atoms with E-state index in [2.05, 4.69) is 9.72 Å². The minimum Gasteiger partial charge on any atom is -0.494 e. The number of nitrogens with one attached hydrogen (secondary N) is 1. The lowest BCUT2D eigenvalue weighted by Gasteiger charge is -1.97. The van der Waals surface area contributed by atoms with E-state index >= 15 is 0 Å². The van der Waals surface area contributed by atoms with Crippen molar-refractivity contribution in [3.63, 3.8) is 0 Å². The minimum atomic E-state index is -4.18. The maximum absolute atomic E-state index is 10.5. The Morgan fingerprint density at radius 2 is 2.27 bits per heavy atom. The van der Waals surface area contributed by atoms with Crippen LogP contribution in [0.15, 0.2) is 17.3 Å². The highest BCUT2D eigenvalue weighted by Crippen LogP contribution is 2.20. The summed E-state index contributed by atoms with van der Waals surface area (Å²) in [6, 6.07) is 1.41. The third-order valence-corrected chi connectivity index (χ3v) is 1.99. The Kier molecular flexibility index (Phi) is 1.88. The molecule has 0 spiro atoms. The number of hydrogen-bond donors (Lipinski definition) is 2. The SMILES string of the molecule is COc1cc[nH]c1S(=O)(=O)O. The molecule has 1 aromatic rings. The molecule has 6 heteroatoms. The Balaban J connectivity index is 3.24. The van der Waals surface area contributed by atoms with Gasteiger partial charge in [0.25, 0.3) is 0 Å². The second-order valence-corrected chi connectivity index (χ2v) is 3.21. The van der Waals surface area contributed by atoms with Crippen LogP contribution in [0.25, 0.3) is 0 Å². The predicted octanol–water partition coefficient (Wildman–Crippen LogP) is 0.270. The molecular weight excluding hydrogens is 170 g/mol. The van der Waals surface area contributed by atoms with Crippen molar-refractivity contribution in [3.8, 4) is 5.75 Å². The smallest absolute Gasteiger partial charge is 0.313 e. The van der Waals surface area contributed by atoms with Crippen LogP contribution in [0.1, 0.15) is 0 Å². The summed E-state index contributed by atoms with van der Waals surface area (Å²) in [5.41, 5.74) is 0. The molecule has 0 aliphatic carbocycles. The molecule has 0 fully saturated rings. The molecule has 0 amide bonds. The standard InChI is InChI=1S/C5H7NO4S/c1-10-4-2-3-6-5(4)11(7,8)9/h2-3,6H,1H3,(H,7,8,9). The summed E-state index contributed by atoms with van der Waals surface area (Å²) in [5.74, 6) is 0.104. The molecule has 0 bridgehead atoms. The maximum atomic E-state index is 10.5. The van der Waals surface area contributed by atoms with Crippen LogP contribution < -0.4 is 4.74 Å². The summed E-state index contributed by atoms with van der Waals surface area (Å²) in [6.45, 7) is 0. The Morgan fingerprint density at radius 1 is 1.64 bits per heavy atom. The van der Waals surface area contributed by atoms with Crippen LogP contribution in [0.2, 0.25) is 0 Å². The zero-order valence-electron chi connectivity index (χ0n) is 5.73. The lowest BCUT2D eigenvalue weighted by Crippen LogP contribution is -2.00. The van der Waals surface area contributed by atoms with Crippen LogP contribution in [0.4, 0.5) is 0 Å². The van der Waals surface area contributed by atoms with Gasteiger partial charge in [0.15, 0.2) is 5.75 Å². The van der Waals surface area contributed by atoms with E-state index < -0.39 is 10.1 Å². The third kappa shape index (κ3) is 1.52. The molecular formula is C5H7NO4S. The van der Waals surface area contributed by atoms with Crippen LogP contribution in [-0.2, 0) is 10.1 Å². The normalized spacial score (nSPS) is 11.5. The van der Waals surface area contributed by atoms with Crippen molar-refractivity contribution in [3.05, 3.63) is 12.3 Å². The van der Waals surface area contributed by atoms with Gasteiger partial charge in [-0.05, 0) is 6.07 Å². The summed E-state index contributed by atoms with van der Waals surface area (Å²) in [5, 5.41) is -0.319. The van der Waals surface area contributed by atoms with Crippen molar-refractivity contribution in [1.82, 2.24) is 4.98 Å². The Hall–Kier alpha value is -1.01. The molecule has 5 nitrogen and oxygen atoms in total. The van der Waals surface area contributed by atoms with Crippen molar-refractivity contribution in [2.24, 2.45) is 0 Å². The lowest BCUT2D eigenvalue weighted by atomic mass is 10.6. The summed E-state index contributed by atoms with van der Waals surface area (Å²) >= 11 is 0. The van der Waals surface area contributed by atoms with E-state index in [1.165, 1.54) is 19.4 Å². The van der Waals surface area contributed by atoms with Gasteiger partial charge in [0.05, 0.1) is 7.11 Å². The van der Waals surface area contributed by atoms with Crippen molar-refractivity contribution in [2.45, 2.75) is 5.03 Å². The van der Waals surface area contributed by atoms with Crippen molar-refractivity contribution in [1.29, 1.82) is 0 Å². The molecule has 2 N–H and O–H groups in total. The summed E-state index contributed by atoms with van der Waals surface area (Å²) in [4.78, 5) is 2.33. The van der Waals surface area contributed by atoms with Gasteiger partial charge in [0.2, 0.25) is 5.03 Å². The maximum Gasteiger partial charge on any atom is 0.313 e. The molecule has 11 heavy (non-hydrogen) atoms. The quantitative estimate of drug-likeness (QED) is 0.635. The Labute approximate surface area is 63.7 Å². The van der Waals surface area contributed by atoms with Crippen LogP contribution in [0.5, 0.6) is 5.75 Å². The first-order chi connectivity index (χ1) is 5.05. The molecule has 0 aromatic carbocycles. The number of rotatable bonds is 2.